The van der Waals surface area contributed by atoms with Gasteiger partial charge in [0, 0.05) is 36.2 Å². The van der Waals surface area contributed by atoms with Crippen molar-refractivity contribution in [3.63, 3.8) is 0 Å². The second kappa shape index (κ2) is 8.95. The molecule has 5 rings (SSSR count). The van der Waals surface area contributed by atoms with Crippen LogP contribution in [0.15, 0.2) is 66.9 Å². The molecule has 0 spiro atoms. The number of carbonyl (C=O) groups is 1. The van der Waals surface area contributed by atoms with Crippen LogP contribution in [0.1, 0.15) is 29.0 Å². The van der Waals surface area contributed by atoms with E-state index in [0.717, 1.165) is 31.2 Å². The number of nitrogens with zero attached hydrogens (tertiary/aromatic N) is 3. The van der Waals surface area contributed by atoms with Gasteiger partial charge in [0.25, 0.3) is 0 Å². The van der Waals surface area contributed by atoms with Gasteiger partial charge in [-0.25, -0.2) is 4.98 Å². The second-order valence-corrected chi connectivity index (χ2v) is 9.52. The number of anilines is 2. The predicted octanol–water partition coefficient (Wildman–Crippen LogP) is 5.91. The number of halogens is 1. The maximum atomic E-state index is 13.0. The van der Waals surface area contributed by atoms with Crippen LogP contribution in [0.4, 0.5) is 11.5 Å². The number of benzene rings is 3. The van der Waals surface area contributed by atoms with Crippen LogP contribution in [-0.2, 0) is 4.79 Å². The van der Waals surface area contributed by atoms with Crippen LogP contribution < -0.4 is 15.4 Å². The number of nitriles is 1. The summed E-state index contributed by atoms with van der Waals surface area (Å²) >= 11 is 2.23. The molecule has 1 atom stereocenters. The predicted molar refractivity (Wildman–Crippen MR) is 141 cm³/mol. The van der Waals surface area contributed by atoms with Gasteiger partial charge in [0.05, 0.1) is 9.13 Å². The molecule has 0 unspecified atom stereocenters. The van der Waals surface area contributed by atoms with Crippen LogP contribution in [0, 0.1) is 21.8 Å². The number of hydrogen-bond acceptors (Lipinski definition) is 5. The Morgan fingerprint density at radius 2 is 2.03 bits per heavy atom. The minimum atomic E-state index is 0.0288. The van der Waals surface area contributed by atoms with Crippen LogP contribution in [0.5, 0.6) is 11.5 Å². The zero-order chi connectivity index (χ0) is 23.8. The Labute approximate surface area is 211 Å². The molecule has 3 aromatic carbocycles. The van der Waals surface area contributed by atoms with Gasteiger partial charge in [-0.2, -0.15) is 5.26 Å². The fraction of sp³-hybridized carbons (Fsp3) is 0.148. The summed E-state index contributed by atoms with van der Waals surface area (Å²) in [7, 11) is 0. The van der Waals surface area contributed by atoms with E-state index in [0.29, 0.717) is 35.8 Å². The number of aromatic nitrogens is 1. The van der Waals surface area contributed by atoms with Crippen molar-refractivity contribution in [3.8, 4) is 17.6 Å². The number of carbonyl (C=O) groups excluding carboxylic acids is 1. The maximum absolute atomic E-state index is 13.0. The first kappa shape index (κ1) is 22.2. The zero-order valence-electron chi connectivity index (χ0n) is 18.5. The topological polar surface area (TPSA) is 92.2 Å². The Kier molecular flexibility index (Phi) is 5.84. The van der Waals surface area contributed by atoms with Gasteiger partial charge in [0.1, 0.15) is 23.4 Å². The average molecular weight is 560 g/mol. The van der Waals surface area contributed by atoms with E-state index in [1.807, 2.05) is 66.4 Å². The number of fused-ring (bicyclic) bond motifs is 1. The standard InChI is InChI=1S/C27H21IN4O2/c1-16-3-2-4-19(14-29)26(16)34-24-11-18(6-8-23(24)28)20-12-25(33)32(15-20)21-7-5-17-9-10-31-27(30)22(17)13-21/h2-11,13,20H,12,15H2,1H3,(H2,30,31)/t20-/m0/s1. The molecule has 7 heteroatoms. The molecular formula is C27H21IN4O2. The summed E-state index contributed by atoms with van der Waals surface area (Å²) < 4.78 is 7.15. The number of amides is 1. The SMILES string of the molecule is Cc1cccc(C#N)c1Oc1cc([C@H]2CC(=O)N(c3ccc4ccnc(N)c4c3)C2)ccc1I. The molecule has 0 bridgehead atoms. The average Bonchev–Trinajstić information content (AvgIpc) is 3.23. The molecule has 1 fully saturated rings. The number of nitrogen functional groups attached to an aromatic ring is 1. The molecule has 1 saturated heterocycles. The Hall–Kier alpha value is -3.64. The molecule has 6 nitrogen and oxygen atoms in total. The summed E-state index contributed by atoms with van der Waals surface area (Å²) in [5.41, 5.74) is 9.29. The van der Waals surface area contributed by atoms with Gasteiger partial charge in [-0.3, -0.25) is 4.79 Å². The van der Waals surface area contributed by atoms with Gasteiger partial charge in [-0.1, -0.05) is 24.3 Å². The van der Waals surface area contributed by atoms with Crippen LogP contribution in [0.3, 0.4) is 0 Å². The fourth-order valence-corrected chi connectivity index (χ4v) is 4.81. The van der Waals surface area contributed by atoms with Crippen molar-refractivity contribution in [2.24, 2.45) is 0 Å². The molecule has 34 heavy (non-hydrogen) atoms. The third kappa shape index (κ3) is 4.05. The molecule has 0 aliphatic carbocycles. The highest BCUT2D eigenvalue weighted by Gasteiger charge is 2.32. The maximum Gasteiger partial charge on any atom is 0.227 e. The summed E-state index contributed by atoms with van der Waals surface area (Å²) in [5, 5.41) is 11.3. The minimum Gasteiger partial charge on any atom is -0.455 e. The summed E-state index contributed by atoms with van der Waals surface area (Å²) in [6.45, 7) is 2.49. The molecule has 4 aromatic rings. The fourth-order valence-electron chi connectivity index (χ4n) is 4.37. The second-order valence-electron chi connectivity index (χ2n) is 8.36. The number of pyridine rings is 1. The van der Waals surface area contributed by atoms with Crippen molar-refractivity contribution in [3.05, 3.63) is 87.1 Å². The normalized spacial score (nSPS) is 15.5. The van der Waals surface area contributed by atoms with E-state index in [-0.39, 0.29) is 11.8 Å². The molecule has 2 heterocycles. The van der Waals surface area contributed by atoms with E-state index in [4.69, 9.17) is 10.5 Å². The monoisotopic (exact) mass is 560 g/mol. The van der Waals surface area contributed by atoms with Crippen LogP contribution in [-0.4, -0.2) is 17.4 Å². The molecule has 1 aliphatic rings. The quantitative estimate of drug-likeness (QED) is 0.313. The number of para-hydroxylation sites is 1. The number of aryl methyl sites for hydroxylation is 1. The molecule has 0 radical (unpaired) electrons. The minimum absolute atomic E-state index is 0.0288. The van der Waals surface area contributed by atoms with Crippen molar-refractivity contribution in [2.75, 3.05) is 17.2 Å². The Morgan fingerprint density at radius 1 is 1.18 bits per heavy atom. The number of hydrogen-bond donors (Lipinski definition) is 1. The van der Waals surface area contributed by atoms with Gasteiger partial charge < -0.3 is 15.4 Å². The van der Waals surface area contributed by atoms with Gasteiger partial charge in [0.15, 0.2) is 0 Å². The highest BCUT2D eigenvalue weighted by atomic mass is 127. The molecule has 2 N–H and O–H groups in total. The summed E-state index contributed by atoms with van der Waals surface area (Å²) in [5.74, 6) is 1.79. The van der Waals surface area contributed by atoms with Crippen molar-refractivity contribution >= 4 is 50.8 Å². The molecule has 168 valence electrons. The van der Waals surface area contributed by atoms with Crippen LogP contribution >= 0.6 is 22.6 Å². The Bertz CT molecular complexity index is 1480. The highest BCUT2D eigenvalue weighted by molar-refractivity contribution is 14.1. The third-order valence-corrected chi connectivity index (χ3v) is 7.08. The van der Waals surface area contributed by atoms with Gasteiger partial charge in [-0.15, -0.1) is 0 Å². The van der Waals surface area contributed by atoms with E-state index in [2.05, 4.69) is 33.6 Å². The zero-order valence-corrected chi connectivity index (χ0v) is 20.6. The number of nitrogens with two attached hydrogens (primary N) is 1. The van der Waals surface area contributed by atoms with Crippen molar-refractivity contribution in [1.82, 2.24) is 4.98 Å². The summed E-state index contributed by atoms with van der Waals surface area (Å²) in [4.78, 5) is 18.9. The summed E-state index contributed by atoms with van der Waals surface area (Å²) in [6, 6.07) is 21.5. The van der Waals surface area contributed by atoms with E-state index < -0.39 is 0 Å². The van der Waals surface area contributed by atoms with Crippen LogP contribution in [0.25, 0.3) is 10.8 Å². The first-order valence-electron chi connectivity index (χ1n) is 10.9. The van der Waals surface area contributed by atoms with Crippen molar-refractivity contribution in [2.45, 2.75) is 19.3 Å². The third-order valence-electron chi connectivity index (χ3n) is 6.19. The summed E-state index contributed by atoms with van der Waals surface area (Å²) in [6.07, 6.45) is 2.09. The lowest BCUT2D eigenvalue weighted by Crippen LogP contribution is -2.24. The van der Waals surface area contributed by atoms with Gasteiger partial charge in [-0.05, 0) is 82.4 Å². The lowest BCUT2D eigenvalue weighted by atomic mass is 9.98. The number of rotatable bonds is 4. The molecule has 0 saturated carbocycles. The Morgan fingerprint density at radius 3 is 2.85 bits per heavy atom. The smallest absolute Gasteiger partial charge is 0.227 e. The molecule has 1 aromatic heterocycles. The first-order valence-corrected chi connectivity index (χ1v) is 11.9. The molecular weight excluding hydrogens is 539 g/mol. The van der Waals surface area contributed by atoms with Crippen LogP contribution in [0.2, 0.25) is 0 Å². The first-order chi connectivity index (χ1) is 16.4. The van der Waals surface area contributed by atoms with E-state index in [1.54, 1.807) is 12.3 Å². The van der Waals surface area contributed by atoms with Crippen molar-refractivity contribution in [1.29, 1.82) is 5.26 Å². The van der Waals surface area contributed by atoms with E-state index in [1.165, 1.54) is 0 Å². The lowest BCUT2D eigenvalue weighted by molar-refractivity contribution is -0.117. The molecule has 1 aliphatic heterocycles. The molecule has 1 amide bonds. The van der Waals surface area contributed by atoms with E-state index >= 15 is 0 Å². The van der Waals surface area contributed by atoms with Gasteiger partial charge in [0.2, 0.25) is 5.91 Å². The van der Waals surface area contributed by atoms with Crippen molar-refractivity contribution < 1.29 is 9.53 Å². The van der Waals surface area contributed by atoms with Gasteiger partial charge >= 0.3 is 0 Å². The van der Waals surface area contributed by atoms with E-state index in [9.17, 15) is 10.1 Å². The number of ether oxygens (including phenoxy) is 1. The largest absolute Gasteiger partial charge is 0.455 e. The lowest BCUT2D eigenvalue weighted by Gasteiger charge is -2.18. The highest BCUT2D eigenvalue weighted by Crippen LogP contribution is 2.38. The Balaban J connectivity index is 1.43.